The topological polar surface area (TPSA) is 23.5 Å². The van der Waals surface area contributed by atoms with E-state index in [2.05, 4.69) is 50.2 Å². The maximum Gasteiger partial charge on any atom is 0.0973 e. The maximum atomic E-state index is 10.9. The van der Waals surface area contributed by atoms with Crippen LogP contribution in [0.1, 0.15) is 56.3 Å². The van der Waals surface area contributed by atoms with Crippen LogP contribution in [0.3, 0.4) is 0 Å². The molecular formula is C17H27NO. The Balaban J connectivity index is 2.25. The average molecular weight is 261 g/mol. The molecule has 19 heavy (non-hydrogen) atoms. The van der Waals surface area contributed by atoms with Gasteiger partial charge in [-0.2, -0.15) is 0 Å². The van der Waals surface area contributed by atoms with Crippen molar-refractivity contribution in [2.45, 2.75) is 57.1 Å². The van der Waals surface area contributed by atoms with E-state index in [4.69, 9.17) is 0 Å². The van der Waals surface area contributed by atoms with Crippen LogP contribution in [-0.4, -0.2) is 29.6 Å². The Labute approximate surface area is 117 Å². The second-order valence-electron chi connectivity index (χ2n) is 6.06. The highest BCUT2D eigenvalue weighted by Crippen LogP contribution is 2.41. The summed E-state index contributed by atoms with van der Waals surface area (Å²) in [6.45, 7) is 2.16. The first-order valence-electron chi connectivity index (χ1n) is 7.54. The molecular weight excluding hydrogens is 234 g/mol. The van der Waals surface area contributed by atoms with Crippen LogP contribution in [0.4, 0.5) is 0 Å². The first kappa shape index (κ1) is 14.5. The molecule has 2 heteroatoms. The standard InChI is InChI=1S/C17H27NO/c1-4-14-8-10-15(11-9-14)16(19)17(18(2)3)12-6-5-7-13-17/h8-11,16,19H,4-7,12-13H2,1-3H3. The van der Waals surface area contributed by atoms with E-state index in [0.717, 1.165) is 24.8 Å². The van der Waals surface area contributed by atoms with Crippen molar-refractivity contribution in [3.05, 3.63) is 35.4 Å². The molecule has 1 aromatic carbocycles. The summed E-state index contributed by atoms with van der Waals surface area (Å²) in [5.74, 6) is 0. The van der Waals surface area contributed by atoms with E-state index in [-0.39, 0.29) is 11.6 Å². The average Bonchev–Trinajstić information content (AvgIpc) is 2.47. The van der Waals surface area contributed by atoms with Gasteiger partial charge in [0.25, 0.3) is 0 Å². The number of rotatable bonds is 4. The Morgan fingerprint density at radius 3 is 2.16 bits per heavy atom. The van der Waals surface area contributed by atoms with Gasteiger partial charge in [0.05, 0.1) is 11.6 Å². The Morgan fingerprint density at radius 1 is 1.11 bits per heavy atom. The third kappa shape index (κ3) is 2.85. The summed E-state index contributed by atoms with van der Waals surface area (Å²) in [5.41, 5.74) is 2.32. The Morgan fingerprint density at radius 2 is 1.68 bits per heavy atom. The number of aliphatic hydroxyl groups is 1. The molecule has 1 unspecified atom stereocenters. The van der Waals surface area contributed by atoms with Gasteiger partial charge < -0.3 is 10.0 Å². The quantitative estimate of drug-likeness (QED) is 0.896. The Bertz CT molecular complexity index is 390. The van der Waals surface area contributed by atoms with E-state index < -0.39 is 0 Å². The van der Waals surface area contributed by atoms with Gasteiger partial charge in [0.15, 0.2) is 0 Å². The maximum absolute atomic E-state index is 10.9. The number of benzene rings is 1. The van der Waals surface area contributed by atoms with E-state index in [1.807, 2.05) is 0 Å². The fourth-order valence-corrected chi connectivity index (χ4v) is 3.38. The molecule has 106 valence electrons. The summed E-state index contributed by atoms with van der Waals surface area (Å²) in [5, 5.41) is 10.9. The summed E-state index contributed by atoms with van der Waals surface area (Å²) in [6.07, 6.45) is 6.61. The van der Waals surface area contributed by atoms with Crippen LogP contribution in [0.25, 0.3) is 0 Å². The highest BCUT2D eigenvalue weighted by Gasteiger charge is 2.41. The molecule has 0 heterocycles. The minimum atomic E-state index is -0.381. The zero-order valence-corrected chi connectivity index (χ0v) is 12.5. The molecule has 0 aliphatic heterocycles. The normalized spacial score (nSPS) is 20.5. The number of hydrogen-bond acceptors (Lipinski definition) is 2. The minimum Gasteiger partial charge on any atom is -0.386 e. The van der Waals surface area contributed by atoms with Crippen molar-refractivity contribution in [1.29, 1.82) is 0 Å². The predicted octanol–water partition coefficient (Wildman–Crippen LogP) is 3.55. The lowest BCUT2D eigenvalue weighted by Crippen LogP contribution is -2.50. The van der Waals surface area contributed by atoms with Crippen LogP contribution in [0.5, 0.6) is 0 Å². The fraction of sp³-hybridized carbons (Fsp3) is 0.647. The predicted molar refractivity (Wildman–Crippen MR) is 80.3 cm³/mol. The second kappa shape index (κ2) is 6.06. The molecule has 1 aliphatic carbocycles. The summed E-state index contributed by atoms with van der Waals surface area (Å²) < 4.78 is 0. The van der Waals surface area contributed by atoms with E-state index >= 15 is 0 Å². The van der Waals surface area contributed by atoms with Gasteiger partial charge in [-0.15, -0.1) is 0 Å². The van der Waals surface area contributed by atoms with Crippen LogP contribution in [-0.2, 0) is 6.42 Å². The number of hydrogen-bond donors (Lipinski definition) is 1. The Hall–Kier alpha value is -0.860. The number of likely N-dealkylation sites (N-methyl/N-ethyl adjacent to an activating group) is 1. The van der Waals surface area contributed by atoms with Crippen LogP contribution < -0.4 is 0 Å². The zero-order valence-electron chi connectivity index (χ0n) is 12.5. The summed E-state index contributed by atoms with van der Waals surface area (Å²) >= 11 is 0. The van der Waals surface area contributed by atoms with Gasteiger partial charge in [0.2, 0.25) is 0 Å². The third-order valence-electron chi connectivity index (χ3n) is 4.82. The van der Waals surface area contributed by atoms with E-state index in [1.165, 1.54) is 24.8 Å². The molecule has 0 bridgehead atoms. The second-order valence-corrected chi connectivity index (χ2v) is 6.06. The Kier molecular flexibility index (Phi) is 4.64. The SMILES string of the molecule is CCc1ccc(C(O)C2(N(C)C)CCCCC2)cc1. The molecule has 1 fully saturated rings. The van der Waals surface area contributed by atoms with E-state index in [9.17, 15) is 5.11 Å². The molecule has 1 atom stereocenters. The summed E-state index contributed by atoms with van der Waals surface area (Å²) in [6, 6.07) is 8.49. The molecule has 1 N–H and O–H groups in total. The van der Waals surface area contributed by atoms with Gasteiger partial charge in [-0.3, -0.25) is 0 Å². The van der Waals surface area contributed by atoms with Gasteiger partial charge in [-0.05, 0) is 44.5 Å². The lowest BCUT2D eigenvalue weighted by Gasteiger charge is -2.46. The number of aliphatic hydroxyl groups excluding tert-OH is 1. The highest BCUT2D eigenvalue weighted by molar-refractivity contribution is 5.26. The minimum absolute atomic E-state index is 0.0774. The van der Waals surface area contributed by atoms with Crippen LogP contribution in [0, 0.1) is 0 Å². The van der Waals surface area contributed by atoms with Crippen molar-refractivity contribution in [1.82, 2.24) is 4.90 Å². The zero-order chi connectivity index (χ0) is 13.9. The van der Waals surface area contributed by atoms with Gasteiger partial charge in [-0.1, -0.05) is 50.5 Å². The van der Waals surface area contributed by atoms with Crippen LogP contribution in [0.15, 0.2) is 24.3 Å². The fourth-order valence-electron chi connectivity index (χ4n) is 3.38. The molecule has 2 nitrogen and oxygen atoms in total. The number of aryl methyl sites for hydroxylation is 1. The van der Waals surface area contributed by atoms with Crippen LogP contribution >= 0.6 is 0 Å². The van der Waals surface area contributed by atoms with Crippen molar-refractivity contribution in [3.63, 3.8) is 0 Å². The largest absolute Gasteiger partial charge is 0.386 e. The van der Waals surface area contributed by atoms with E-state index in [0.29, 0.717) is 0 Å². The molecule has 0 amide bonds. The third-order valence-corrected chi connectivity index (χ3v) is 4.82. The van der Waals surface area contributed by atoms with Crippen molar-refractivity contribution in [3.8, 4) is 0 Å². The van der Waals surface area contributed by atoms with Gasteiger partial charge in [0, 0.05) is 0 Å². The first-order valence-corrected chi connectivity index (χ1v) is 7.54. The molecule has 0 aromatic heterocycles. The smallest absolute Gasteiger partial charge is 0.0973 e. The molecule has 1 aromatic rings. The lowest BCUT2D eigenvalue weighted by molar-refractivity contribution is -0.0336. The highest BCUT2D eigenvalue weighted by atomic mass is 16.3. The van der Waals surface area contributed by atoms with Crippen molar-refractivity contribution >= 4 is 0 Å². The molecule has 0 saturated heterocycles. The molecule has 0 spiro atoms. The molecule has 2 rings (SSSR count). The molecule has 1 saturated carbocycles. The van der Waals surface area contributed by atoms with Crippen molar-refractivity contribution in [2.75, 3.05) is 14.1 Å². The van der Waals surface area contributed by atoms with Crippen molar-refractivity contribution < 1.29 is 5.11 Å². The monoisotopic (exact) mass is 261 g/mol. The van der Waals surface area contributed by atoms with Gasteiger partial charge >= 0.3 is 0 Å². The van der Waals surface area contributed by atoms with E-state index in [1.54, 1.807) is 0 Å². The lowest BCUT2D eigenvalue weighted by atomic mass is 9.74. The number of nitrogens with zero attached hydrogens (tertiary/aromatic N) is 1. The van der Waals surface area contributed by atoms with Gasteiger partial charge in [0.1, 0.15) is 0 Å². The van der Waals surface area contributed by atoms with Gasteiger partial charge in [-0.25, -0.2) is 0 Å². The molecule has 0 radical (unpaired) electrons. The first-order chi connectivity index (χ1) is 9.10. The van der Waals surface area contributed by atoms with Crippen molar-refractivity contribution in [2.24, 2.45) is 0 Å². The van der Waals surface area contributed by atoms with Crippen LogP contribution in [0.2, 0.25) is 0 Å². The summed E-state index contributed by atoms with van der Waals surface area (Å²) in [7, 11) is 4.21. The summed E-state index contributed by atoms with van der Waals surface area (Å²) in [4.78, 5) is 2.24. The molecule has 1 aliphatic rings.